The molecule has 3 heterocycles. The zero-order valence-electron chi connectivity index (χ0n) is 18.2. The van der Waals surface area contributed by atoms with Gasteiger partial charge in [0.15, 0.2) is 5.82 Å². The largest absolute Gasteiger partial charge is 0.487 e. The molecule has 164 valence electrons. The normalized spacial score (nSPS) is 26.2. The van der Waals surface area contributed by atoms with Gasteiger partial charge < -0.3 is 14.4 Å². The fraction of sp³-hybridized carbons (Fsp3) is 0.522. The summed E-state index contributed by atoms with van der Waals surface area (Å²) in [6.07, 6.45) is 0.866. The van der Waals surface area contributed by atoms with Crippen molar-refractivity contribution in [3.05, 3.63) is 47.5 Å². The van der Waals surface area contributed by atoms with Gasteiger partial charge in [-0.15, -0.1) is 0 Å². The van der Waals surface area contributed by atoms with Gasteiger partial charge in [-0.05, 0) is 56.7 Å². The standard InChI is InChI=1S/C23H29N5O3/c1-14-8-18(27(3)25-14)13-28-11-16-9-20(29)22(10-17(16)12-28)30-21-7-5-4-6-19(21)23-24-15(2)26-31-23/h4-8,16-17,20,22,29H,9-13H2,1-3H3/t16-,17+,20+,22+/m0/s1. The Kier molecular flexibility index (Phi) is 5.27. The third-order valence-electron chi connectivity index (χ3n) is 6.57. The Bertz CT molecular complexity index is 1060. The molecule has 0 spiro atoms. The lowest BCUT2D eigenvalue weighted by Crippen LogP contribution is -2.42. The number of likely N-dealkylation sites (tertiary alicyclic amines) is 1. The molecule has 5 rings (SSSR count). The van der Waals surface area contributed by atoms with E-state index in [9.17, 15) is 5.11 Å². The smallest absolute Gasteiger partial charge is 0.261 e. The van der Waals surface area contributed by atoms with Gasteiger partial charge in [0.2, 0.25) is 0 Å². The van der Waals surface area contributed by atoms with E-state index in [2.05, 4.69) is 26.2 Å². The van der Waals surface area contributed by atoms with Crippen LogP contribution >= 0.6 is 0 Å². The van der Waals surface area contributed by atoms with Gasteiger partial charge in [-0.25, -0.2) is 0 Å². The Hall–Kier alpha value is -2.71. The number of aliphatic hydroxyl groups is 1. The second kappa shape index (κ2) is 8.09. The second-order valence-electron chi connectivity index (χ2n) is 8.95. The highest BCUT2D eigenvalue weighted by atomic mass is 16.5. The van der Waals surface area contributed by atoms with Crippen LogP contribution in [0.4, 0.5) is 0 Å². The van der Waals surface area contributed by atoms with Crippen molar-refractivity contribution < 1.29 is 14.4 Å². The van der Waals surface area contributed by atoms with Gasteiger partial charge in [-0.2, -0.15) is 10.1 Å². The first-order chi connectivity index (χ1) is 15.0. The number of fused-ring (bicyclic) bond motifs is 1. The summed E-state index contributed by atoms with van der Waals surface area (Å²) in [5.41, 5.74) is 3.04. The van der Waals surface area contributed by atoms with Gasteiger partial charge in [-0.1, -0.05) is 17.3 Å². The summed E-state index contributed by atoms with van der Waals surface area (Å²) in [4.78, 5) is 6.81. The molecule has 8 heteroatoms. The highest BCUT2D eigenvalue weighted by Gasteiger charge is 2.43. The average molecular weight is 424 g/mol. The number of aryl methyl sites for hydroxylation is 3. The third-order valence-corrected chi connectivity index (χ3v) is 6.57. The van der Waals surface area contributed by atoms with Crippen molar-refractivity contribution >= 4 is 0 Å². The lowest BCUT2D eigenvalue weighted by molar-refractivity contribution is -0.0229. The molecule has 0 bridgehead atoms. The Morgan fingerprint density at radius 1 is 1.16 bits per heavy atom. The predicted molar refractivity (Wildman–Crippen MR) is 114 cm³/mol. The highest BCUT2D eigenvalue weighted by Crippen LogP contribution is 2.39. The van der Waals surface area contributed by atoms with Crippen LogP contribution in [0.25, 0.3) is 11.5 Å². The van der Waals surface area contributed by atoms with Gasteiger partial charge in [0.1, 0.15) is 11.9 Å². The Morgan fingerprint density at radius 2 is 1.94 bits per heavy atom. The third kappa shape index (κ3) is 4.09. The van der Waals surface area contributed by atoms with Crippen molar-refractivity contribution in [1.82, 2.24) is 24.8 Å². The molecule has 2 fully saturated rings. The lowest BCUT2D eigenvalue weighted by Gasteiger charge is -2.35. The topological polar surface area (TPSA) is 89.4 Å². The van der Waals surface area contributed by atoms with E-state index < -0.39 is 6.10 Å². The fourth-order valence-electron chi connectivity index (χ4n) is 5.10. The molecule has 0 radical (unpaired) electrons. The van der Waals surface area contributed by atoms with Crippen LogP contribution in [0.1, 0.15) is 30.1 Å². The van der Waals surface area contributed by atoms with Crippen molar-refractivity contribution in [2.75, 3.05) is 13.1 Å². The van der Waals surface area contributed by atoms with Gasteiger partial charge in [0.25, 0.3) is 5.89 Å². The Morgan fingerprint density at radius 3 is 2.65 bits per heavy atom. The summed E-state index contributed by atoms with van der Waals surface area (Å²) < 4.78 is 13.6. The van der Waals surface area contributed by atoms with Crippen LogP contribution < -0.4 is 4.74 Å². The van der Waals surface area contributed by atoms with E-state index in [1.54, 1.807) is 6.92 Å². The predicted octanol–water partition coefficient (Wildman–Crippen LogP) is 2.74. The van der Waals surface area contributed by atoms with Crippen molar-refractivity contribution in [3.63, 3.8) is 0 Å². The van der Waals surface area contributed by atoms with Crippen LogP contribution in [0, 0.1) is 25.7 Å². The molecule has 1 saturated heterocycles. The monoisotopic (exact) mass is 423 g/mol. The maximum atomic E-state index is 10.9. The number of aliphatic hydroxyl groups excluding tert-OH is 1. The summed E-state index contributed by atoms with van der Waals surface area (Å²) in [6.45, 7) is 6.74. The molecule has 1 aliphatic heterocycles. The van der Waals surface area contributed by atoms with Crippen molar-refractivity contribution in [2.45, 2.75) is 45.4 Å². The lowest BCUT2D eigenvalue weighted by atomic mass is 9.78. The van der Waals surface area contributed by atoms with Crippen molar-refractivity contribution in [2.24, 2.45) is 18.9 Å². The minimum absolute atomic E-state index is 0.245. The van der Waals surface area contributed by atoms with E-state index in [0.717, 1.165) is 43.7 Å². The molecule has 3 aromatic rings. The zero-order valence-corrected chi connectivity index (χ0v) is 18.2. The first-order valence-corrected chi connectivity index (χ1v) is 10.9. The molecule has 0 unspecified atom stereocenters. The number of para-hydroxylation sites is 1. The molecular formula is C23H29N5O3. The van der Waals surface area contributed by atoms with Crippen LogP contribution in [-0.2, 0) is 13.6 Å². The molecule has 1 saturated carbocycles. The number of nitrogens with zero attached hydrogens (tertiary/aromatic N) is 5. The maximum absolute atomic E-state index is 10.9. The van der Waals surface area contributed by atoms with Gasteiger partial charge in [0.05, 0.1) is 23.1 Å². The summed E-state index contributed by atoms with van der Waals surface area (Å²) in [7, 11) is 2.00. The molecule has 0 amide bonds. The van der Waals surface area contributed by atoms with Crippen LogP contribution in [0.3, 0.4) is 0 Å². The molecule has 1 aliphatic carbocycles. The zero-order chi connectivity index (χ0) is 21.5. The van der Waals surface area contributed by atoms with Crippen molar-refractivity contribution in [3.8, 4) is 17.2 Å². The van der Waals surface area contributed by atoms with E-state index in [4.69, 9.17) is 9.26 Å². The molecule has 4 atom stereocenters. The van der Waals surface area contributed by atoms with Crippen LogP contribution in [-0.4, -0.2) is 55.2 Å². The summed E-state index contributed by atoms with van der Waals surface area (Å²) >= 11 is 0. The fourth-order valence-corrected chi connectivity index (χ4v) is 5.10. The minimum atomic E-state index is -0.488. The minimum Gasteiger partial charge on any atom is -0.487 e. The highest BCUT2D eigenvalue weighted by molar-refractivity contribution is 5.62. The number of benzene rings is 1. The molecule has 2 aromatic heterocycles. The molecular weight excluding hydrogens is 394 g/mol. The molecule has 31 heavy (non-hydrogen) atoms. The maximum Gasteiger partial charge on any atom is 0.261 e. The molecule has 1 aromatic carbocycles. The summed E-state index contributed by atoms with van der Waals surface area (Å²) in [5, 5.41) is 19.2. The Balaban J connectivity index is 1.28. The summed E-state index contributed by atoms with van der Waals surface area (Å²) in [5.74, 6) is 2.71. The SMILES string of the molecule is Cc1cc(CN2C[C@H]3C[C@@H](Oc4ccccc4-c4nc(C)no4)[C@H](O)C[C@H]3C2)n(C)n1. The number of ether oxygens (including phenoxy) is 1. The number of rotatable bonds is 5. The van der Waals surface area contributed by atoms with Gasteiger partial charge in [-0.3, -0.25) is 9.58 Å². The van der Waals surface area contributed by atoms with Crippen molar-refractivity contribution in [1.29, 1.82) is 0 Å². The molecule has 2 aliphatic rings. The first kappa shape index (κ1) is 20.2. The van der Waals surface area contributed by atoms with Crippen LogP contribution in [0.5, 0.6) is 5.75 Å². The molecule has 1 N–H and O–H groups in total. The van der Waals surface area contributed by atoms with Crippen LogP contribution in [0.15, 0.2) is 34.9 Å². The summed E-state index contributed by atoms with van der Waals surface area (Å²) in [6, 6.07) is 9.81. The van der Waals surface area contributed by atoms with E-state index >= 15 is 0 Å². The Labute approximate surface area is 181 Å². The second-order valence-corrected chi connectivity index (χ2v) is 8.95. The van der Waals surface area contributed by atoms with Gasteiger partial charge in [0, 0.05) is 26.7 Å². The van der Waals surface area contributed by atoms with E-state index in [1.165, 1.54) is 5.69 Å². The van der Waals surface area contributed by atoms with Crippen LogP contribution in [0.2, 0.25) is 0 Å². The first-order valence-electron chi connectivity index (χ1n) is 10.9. The average Bonchev–Trinajstić information content (AvgIpc) is 3.41. The molecule has 8 nitrogen and oxygen atoms in total. The van der Waals surface area contributed by atoms with E-state index in [1.807, 2.05) is 42.9 Å². The van der Waals surface area contributed by atoms with E-state index in [0.29, 0.717) is 29.3 Å². The number of hydrogen-bond donors (Lipinski definition) is 1. The number of aromatic nitrogens is 4. The number of hydrogen-bond acceptors (Lipinski definition) is 7. The van der Waals surface area contributed by atoms with Gasteiger partial charge >= 0.3 is 0 Å². The van der Waals surface area contributed by atoms with E-state index in [-0.39, 0.29) is 6.10 Å². The quantitative estimate of drug-likeness (QED) is 0.675.